The molecule has 0 aromatic carbocycles. The van der Waals surface area contributed by atoms with Crippen LogP contribution in [0.25, 0.3) is 0 Å². The lowest BCUT2D eigenvalue weighted by molar-refractivity contribution is -0.168. The van der Waals surface area contributed by atoms with E-state index in [1.54, 1.807) is 0 Å². The molecule has 0 amide bonds. The highest BCUT2D eigenvalue weighted by Gasteiger charge is 2.37. The molecule has 0 bridgehead atoms. The zero-order chi connectivity index (χ0) is 24.9. The number of carbonyl (C=O) groups is 1. The first kappa shape index (κ1) is 32.3. The molecule has 1 saturated carbocycles. The van der Waals surface area contributed by atoms with Gasteiger partial charge in [-0.25, -0.2) is 4.79 Å². The summed E-state index contributed by atoms with van der Waals surface area (Å²) < 4.78 is 24.9. The molecule has 202 valence electrons. The normalized spacial score (nSPS) is 17.4. The van der Waals surface area contributed by atoms with Gasteiger partial charge in [0.2, 0.25) is 0 Å². The molecule has 6 nitrogen and oxygen atoms in total. The predicted molar refractivity (Wildman–Crippen MR) is 146 cm³/mol. The Morgan fingerprint density at radius 1 is 0.941 bits per heavy atom. The third kappa shape index (κ3) is 15.4. The van der Waals surface area contributed by atoms with Crippen LogP contribution in [0.2, 0.25) is 0 Å². The van der Waals surface area contributed by atoms with Gasteiger partial charge in [0, 0.05) is 23.4 Å². The Labute approximate surface area is 216 Å². The van der Waals surface area contributed by atoms with E-state index in [1.165, 1.54) is 70.6 Å². The summed E-state index contributed by atoms with van der Waals surface area (Å²) in [6, 6.07) is 0. The zero-order valence-corrected chi connectivity index (χ0v) is 24.1. The fourth-order valence-corrected chi connectivity index (χ4v) is 8.61. The Morgan fingerprint density at radius 3 is 2.21 bits per heavy atom. The number of hydrogen-bond acceptors (Lipinski definition) is 8. The van der Waals surface area contributed by atoms with Crippen molar-refractivity contribution < 1.29 is 28.8 Å². The van der Waals surface area contributed by atoms with Gasteiger partial charge in [-0.1, -0.05) is 102 Å². The fraction of sp³-hybridized carbons (Fsp3) is 0.960. The minimum atomic E-state index is -3.81. The molecule has 0 aromatic heterocycles. The third-order valence-corrected chi connectivity index (χ3v) is 11.8. The molecule has 0 aromatic rings. The molecule has 1 aliphatic carbocycles. The molecule has 1 aliphatic rings. The molecular weight excluding hydrogens is 491 g/mol. The van der Waals surface area contributed by atoms with Crippen molar-refractivity contribution in [2.75, 3.05) is 24.7 Å². The number of unbranched alkanes of at least 4 members (excludes halogenated alkanes) is 9. The predicted octanol–water partition coefficient (Wildman–Crippen LogP) is 9.32. The van der Waals surface area contributed by atoms with Crippen LogP contribution < -0.4 is 0 Å². The maximum absolute atomic E-state index is 13.1. The van der Waals surface area contributed by atoms with Crippen molar-refractivity contribution in [3.8, 4) is 0 Å². The van der Waals surface area contributed by atoms with Gasteiger partial charge in [0.25, 0.3) is 0 Å². The van der Waals surface area contributed by atoms with Gasteiger partial charge in [0.05, 0.1) is 12.7 Å². The van der Waals surface area contributed by atoms with Crippen LogP contribution in [0.15, 0.2) is 0 Å². The molecule has 1 rings (SSSR count). The summed E-state index contributed by atoms with van der Waals surface area (Å²) in [5.74, 6) is 1.29. The molecule has 0 aliphatic heterocycles. The molecule has 1 fully saturated rings. The quantitative estimate of drug-likeness (QED) is 0.0629. The Kier molecular flexibility index (Phi) is 20.3. The van der Waals surface area contributed by atoms with Crippen molar-refractivity contribution in [3.63, 3.8) is 0 Å². The van der Waals surface area contributed by atoms with Crippen molar-refractivity contribution in [1.29, 1.82) is 0 Å². The SMILES string of the molecule is CCCCCCCCCCOC(COP(=O)(SCCCCC)C(=O)OO)CSC1CCCCC1. The lowest BCUT2D eigenvalue weighted by atomic mass is 10.0. The molecule has 34 heavy (non-hydrogen) atoms. The smallest absolute Gasteiger partial charge is 0.375 e. The maximum atomic E-state index is 13.1. The summed E-state index contributed by atoms with van der Waals surface area (Å²) in [5, 5.41) is 9.49. The molecule has 0 spiro atoms. The van der Waals surface area contributed by atoms with E-state index in [2.05, 4.69) is 18.7 Å². The Balaban J connectivity index is 2.49. The van der Waals surface area contributed by atoms with Crippen LogP contribution >= 0.6 is 29.7 Å². The van der Waals surface area contributed by atoms with Crippen LogP contribution in [0, 0.1) is 0 Å². The van der Waals surface area contributed by atoms with E-state index in [-0.39, 0.29) is 12.7 Å². The Morgan fingerprint density at radius 2 is 1.56 bits per heavy atom. The van der Waals surface area contributed by atoms with Gasteiger partial charge in [-0.3, -0.25) is 9.45 Å². The van der Waals surface area contributed by atoms with E-state index >= 15 is 0 Å². The first-order chi connectivity index (χ1) is 16.6. The van der Waals surface area contributed by atoms with Gasteiger partial charge in [-0.2, -0.15) is 17.0 Å². The second-order valence-corrected chi connectivity index (χ2v) is 15.1. The van der Waals surface area contributed by atoms with E-state index in [1.807, 2.05) is 11.8 Å². The van der Waals surface area contributed by atoms with Crippen LogP contribution in [0.5, 0.6) is 0 Å². The third-order valence-electron chi connectivity index (χ3n) is 6.16. The summed E-state index contributed by atoms with van der Waals surface area (Å²) in [4.78, 5) is 15.8. The Bertz CT molecular complexity index is 545. The molecule has 2 atom stereocenters. The first-order valence-electron chi connectivity index (χ1n) is 13.5. The minimum Gasteiger partial charge on any atom is -0.375 e. The van der Waals surface area contributed by atoms with Crippen LogP contribution in [-0.4, -0.2) is 47.0 Å². The minimum absolute atomic E-state index is 0.0733. The molecule has 2 unspecified atom stereocenters. The number of hydrogen-bond donors (Lipinski definition) is 1. The van der Waals surface area contributed by atoms with E-state index in [0.717, 1.165) is 49.2 Å². The van der Waals surface area contributed by atoms with Gasteiger partial charge in [0.15, 0.2) is 0 Å². The Hall–Kier alpha value is 0.280. The van der Waals surface area contributed by atoms with Gasteiger partial charge in [-0.15, -0.1) is 0 Å². The largest absolute Gasteiger partial charge is 0.434 e. The average molecular weight is 541 g/mol. The van der Waals surface area contributed by atoms with E-state index in [0.29, 0.717) is 17.6 Å². The lowest BCUT2D eigenvalue weighted by Crippen LogP contribution is -2.25. The monoisotopic (exact) mass is 540 g/mol. The summed E-state index contributed by atoms with van der Waals surface area (Å²) in [5.41, 5.74) is -1.18. The highest BCUT2D eigenvalue weighted by Crippen LogP contribution is 2.61. The second-order valence-electron chi connectivity index (χ2n) is 9.25. The standard InChI is InChI=1S/C25H49O6PS2/c1-3-5-7-8-9-10-11-15-19-29-23(22-33-24-17-13-12-14-18-24)21-30-32(28,25(26)31-27)34-20-16-6-4-2/h23-24,27H,3-22H2,1-2H3. The van der Waals surface area contributed by atoms with Crippen molar-refractivity contribution in [1.82, 2.24) is 0 Å². The molecular formula is C25H49O6PS2. The molecule has 0 heterocycles. The van der Waals surface area contributed by atoms with Crippen LogP contribution in [0.1, 0.15) is 117 Å². The molecule has 9 heteroatoms. The van der Waals surface area contributed by atoms with E-state index in [4.69, 9.17) is 14.5 Å². The molecule has 0 radical (unpaired) electrons. The highest BCUT2D eigenvalue weighted by molar-refractivity contribution is 8.61. The van der Waals surface area contributed by atoms with Crippen molar-refractivity contribution in [2.45, 2.75) is 128 Å². The molecule has 0 saturated heterocycles. The van der Waals surface area contributed by atoms with Gasteiger partial charge < -0.3 is 9.26 Å². The number of thioether (sulfide) groups is 1. The fourth-order valence-electron chi connectivity index (χ4n) is 4.02. The van der Waals surface area contributed by atoms with Crippen molar-refractivity contribution in [3.05, 3.63) is 0 Å². The highest BCUT2D eigenvalue weighted by atomic mass is 32.7. The van der Waals surface area contributed by atoms with Crippen LogP contribution in [-0.2, 0) is 18.7 Å². The number of rotatable bonds is 22. The summed E-state index contributed by atoms with van der Waals surface area (Å²) in [6.45, 7) is 1.23. The number of carbonyl (C=O) groups excluding carboxylic acids is 1. The maximum Gasteiger partial charge on any atom is 0.434 e. The van der Waals surface area contributed by atoms with Crippen molar-refractivity contribution >= 4 is 35.4 Å². The number of ether oxygens (including phenoxy) is 1. The van der Waals surface area contributed by atoms with E-state index in [9.17, 15) is 9.36 Å². The summed E-state index contributed by atoms with van der Waals surface area (Å²) in [6.07, 6.45) is 18.9. The summed E-state index contributed by atoms with van der Waals surface area (Å²) >= 11 is 2.87. The first-order valence-corrected chi connectivity index (χ1v) is 17.8. The average Bonchev–Trinajstić information content (AvgIpc) is 2.86. The zero-order valence-electron chi connectivity index (χ0n) is 21.5. The summed E-state index contributed by atoms with van der Waals surface area (Å²) in [7, 11) is 0. The van der Waals surface area contributed by atoms with Crippen molar-refractivity contribution in [2.24, 2.45) is 0 Å². The van der Waals surface area contributed by atoms with Crippen LogP contribution in [0.4, 0.5) is 4.79 Å². The van der Waals surface area contributed by atoms with Gasteiger partial charge in [0.1, 0.15) is 0 Å². The van der Waals surface area contributed by atoms with Gasteiger partial charge in [-0.05, 0) is 25.7 Å². The van der Waals surface area contributed by atoms with Gasteiger partial charge >= 0.3 is 12.3 Å². The topological polar surface area (TPSA) is 82.1 Å². The molecule has 1 N–H and O–H groups in total. The van der Waals surface area contributed by atoms with Crippen LogP contribution in [0.3, 0.4) is 0 Å². The lowest BCUT2D eigenvalue weighted by Gasteiger charge is -2.25. The second kappa shape index (κ2) is 21.4. The van der Waals surface area contributed by atoms with E-state index < -0.39 is 12.3 Å².